The van der Waals surface area contributed by atoms with Gasteiger partial charge >= 0.3 is 0 Å². The normalized spacial score (nSPS) is 18.4. The summed E-state index contributed by atoms with van der Waals surface area (Å²) in [7, 11) is 0. The highest BCUT2D eigenvalue weighted by molar-refractivity contribution is 5.78. The lowest BCUT2D eigenvalue weighted by atomic mass is 9.92. The highest BCUT2D eigenvalue weighted by Gasteiger charge is 2.33. The Morgan fingerprint density at radius 2 is 2.07 bits per heavy atom. The minimum Gasteiger partial charge on any atom is -0.338 e. The summed E-state index contributed by atoms with van der Waals surface area (Å²) in [5.41, 5.74) is 0.0673. The Hall–Kier alpha value is -0.530. The average molecular weight is 197 g/mol. The molecule has 0 aromatic carbocycles. The van der Waals surface area contributed by atoms with Gasteiger partial charge in [-0.05, 0) is 39.0 Å². The van der Waals surface area contributed by atoms with Crippen molar-refractivity contribution < 1.29 is 4.79 Å². The van der Waals surface area contributed by atoms with Crippen LogP contribution in [-0.2, 0) is 4.79 Å². The van der Waals surface area contributed by atoms with Gasteiger partial charge in [0.2, 0.25) is 5.91 Å². The molecule has 0 aliphatic carbocycles. The zero-order valence-electron chi connectivity index (χ0n) is 9.97. The maximum absolute atomic E-state index is 11.6. The summed E-state index contributed by atoms with van der Waals surface area (Å²) in [5.74, 6) is 1.07. The van der Waals surface area contributed by atoms with Gasteiger partial charge in [-0.3, -0.25) is 4.79 Å². The van der Waals surface area contributed by atoms with Gasteiger partial charge in [0.1, 0.15) is 0 Å². The van der Waals surface area contributed by atoms with Crippen LogP contribution in [0.3, 0.4) is 0 Å². The van der Waals surface area contributed by atoms with Crippen molar-refractivity contribution in [2.24, 2.45) is 5.92 Å². The van der Waals surface area contributed by atoms with Crippen molar-refractivity contribution in [3.8, 4) is 0 Å². The first kappa shape index (κ1) is 11.5. The van der Waals surface area contributed by atoms with Crippen molar-refractivity contribution in [3.63, 3.8) is 0 Å². The summed E-state index contributed by atoms with van der Waals surface area (Å²) in [5, 5.41) is 0. The van der Waals surface area contributed by atoms with Crippen LogP contribution in [0.2, 0.25) is 0 Å². The van der Waals surface area contributed by atoms with E-state index in [0.29, 0.717) is 5.91 Å². The van der Waals surface area contributed by atoms with Crippen LogP contribution < -0.4 is 0 Å². The van der Waals surface area contributed by atoms with Crippen LogP contribution in [0, 0.1) is 5.92 Å². The van der Waals surface area contributed by atoms with Crippen LogP contribution in [0.15, 0.2) is 0 Å². The van der Waals surface area contributed by atoms with Gasteiger partial charge in [0, 0.05) is 18.5 Å². The summed E-state index contributed by atoms with van der Waals surface area (Å²) in [6, 6.07) is 0. The Morgan fingerprint density at radius 3 is 2.50 bits per heavy atom. The Labute approximate surface area is 87.7 Å². The fraction of sp³-hybridized carbons (Fsp3) is 0.917. The number of rotatable bonds is 4. The molecule has 0 radical (unpaired) electrons. The van der Waals surface area contributed by atoms with E-state index in [2.05, 4.69) is 32.6 Å². The molecule has 0 bridgehead atoms. The lowest BCUT2D eigenvalue weighted by molar-refractivity contribution is -0.132. The third-order valence-corrected chi connectivity index (χ3v) is 3.14. The van der Waals surface area contributed by atoms with Crippen LogP contribution in [0.4, 0.5) is 0 Å². The molecule has 0 aromatic rings. The van der Waals surface area contributed by atoms with Gasteiger partial charge in [-0.2, -0.15) is 0 Å². The lowest BCUT2D eigenvalue weighted by Crippen LogP contribution is -2.44. The minimum atomic E-state index is 0.0673. The number of carbonyl (C=O) groups excluding carboxylic acids is 1. The molecule has 0 aromatic heterocycles. The number of amides is 1. The molecule has 82 valence electrons. The summed E-state index contributed by atoms with van der Waals surface area (Å²) >= 11 is 0. The standard InChI is InChI=1S/C12H23NO/c1-10(2)7-8-12(3,4)13-9-5-6-11(13)14/h10H,5-9H2,1-4H3. The van der Waals surface area contributed by atoms with E-state index in [1.807, 2.05) is 0 Å². The largest absolute Gasteiger partial charge is 0.338 e. The predicted octanol–water partition coefficient (Wildman–Crippen LogP) is 2.82. The van der Waals surface area contributed by atoms with E-state index in [-0.39, 0.29) is 5.54 Å². The quantitative estimate of drug-likeness (QED) is 0.678. The summed E-state index contributed by atoms with van der Waals surface area (Å²) in [6.07, 6.45) is 4.13. The van der Waals surface area contributed by atoms with E-state index in [4.69, 9.17) is 0 Å². The maximum atomic E-state index is 11.6. The van der Waals surface area contributed by atoms with Crippen molar-refractivity contribution in [3.05, 3.63) is 0 Å². The third-order valence-electron chi connectivity index (χ3n) is 3.14. The first-order chi connectivity index (χ1) is 6.43. The van der Waals surface area contributed by atoms with E-state index >= 15 is 0 Å². The Kier molecular flexibility index (Phi) is 3.57. The van der Waals surface area contributed by atoms with Crippen molar-refractivity contribution in [1.82, 2.24) is 4.90 Å². The van der Waals surface area contributed by atoms with E-state index < -0.39 is 0 Å². The van der Waals surface area contributed by atoms with Gasteiger partial charge in [0.05, 0.1) is 0 Å². The van der Waals surface area contributed by atoms with Crippen LogP contribution in [0.1, 0.15) is 53.4 Å². The molecule has 2 nitrogen and oxygen atoms in total. The molecule has 2 heteroatoms. The highest BCUT2D eigenvalue weighted by atomic mass is 16.2. The van der Waals surface area contributed by atoms with Crippen molar-refractivity contribution in [1.29, 1.82) is 0 Å². The molecule has 1 aliphatic heterocycles. The molecule has 0 unspecified atom stereocenters. The molecule has 1 aliphatic rings. The van der Waals surface area contributed by atoms with E-state index in [1.165, 1.54) is 6.42 Å². The predicted molar refractivity (Wildman–Crippen MR) is 59.1 cm³/mol. The smallest absolute Gasteiger partial charge is 0.223 e. The molecular weight excluding hydrogens is 174 g/mol. The molecule has 0 spiro atoms. The summed E-state index contributed by atoms with van der Waals surface area (Å²) < 4.78 is 0. The number of nitrogens with zero attached hydrogens (tertiary/aromatic N) is 1. The van der Waals surface area contributed by atoms with Gasteiger partial charge in [-0.1, -0.05) is 13.8 Å². The summed E-state index contributed by atoms with van der Waals surface area (Å²) in [4.78, 5) is 13.7. The second-order valence-corrected chi connectivity index (χ2v) is 5.39. The van der Waals surface area contributed by atoms with Gasteiger partial charge in [0.15, 0.2) is 0 Å². The second-order valence-electron chi connectivity index (χ2n) is 5.39. The average Bonchev–Trinajstić information content (AvgIpc) is 2.48. The topological polar surface area (TPSA) is 20.3 Å². The Morgan fingerprint density at radius 1 is 1.43 bits per heavy atom. The van der Waals surface area contributed by atoms with Gasteiger partial charge < -0.3 is 4.90 Å². The fourth-order valence-electron chi connectivity index (χ4n) is 2.07. The molecule has 0 saturated carbocycles. The van der Waals surface area contributed by atoms with Crippen LogP contribution >= 0.6 is 0 Å². The number of likely N-dealkylation sites (tertiary alicyclic amines) is 1. The molecule has 1 rings (SSSR count). The van der Waals surface area contributed by atoms with Crippen LogP contribution in [-0.4, -0.2) is 22.9 Å². The number of hydrogen-bond donors (Lipinski definition) is 0. The van der Waals surface area contributed by atoms with E-state index in [0.717, 1.165) is 31.7 Å². The van der Waals surface area contributed by atoms with Gasteiger partial charge in [0.25, 0.3) is 0 Å². The van der Waals surface area contributed by atoms with Crippen molar-refractivity contribution in [2.75, 3.05) is 6.54 Å². The molecular formula is C12H23NO. The highest BCUT2D eigenvalue weighted by Crippen LogP contribution is 2.27. The minimum absolute atomic E-state index is 0.0673. The SMILES string of the molecule is CC(C)CCC(C)(C)N1CCCC1=O. The Bertz CT molecular complexity index is 208. The molecule has 1 saturated heterocycles. The first-order valence-corrected chi connectivity index (χ1v) is 5.74. The Balaban J connectivity index is 2.50. The third kappa shape index (κ3) is 2.73. The maximum Gasteiger partial charge on any atom is 0.223 e. The summed E-state index contributed by atoms with van der Waals surface area (Å²) in [6.45, 7) is 9.82. The van der Waals surface area contributed by atoms with Crippen molar-refractivity contribution >= 4 is 5.91 Å². The van der Waals surface area contributed by atoms with Crippen LogP contribution in [0.25, 0.3) is 0 Å². The zero-order valence-corrected chi connectivity index (χ0v) is 9.97. The van der Waals surface area contributed by atoms with Gasteiger partial charge in [-0.25, -0.2) is 0 Å². The number of carbonyl (C=O) groups is 1. The van der Waals surface area contributed by atoms with Gasteiger partial charge in [-0.15, -0.1) is 0 Å². The molecule has 1 amide bonds. The lowest BCUT2D eigenvalue weighted by Gasteiger charge is -2.36. The molecule has 14 heavy (non-hydrogen) atoms. The number of hydrogen-bond acceptors (Lipinski definition) is 1. The first-order valence-electron chi connectivity index (χ1n) is 5.74. The molecule has 1 fully saturated rings. The fourth-order valence-corrected chi connectivity index (χ4v) is 2.07. The molecule has 0 N–H and O–H groups in total. The van der Waals surface area contributed by atoms with E-state index in [1.54, 1.807) is 0 Å². The monoisotopic (exact) mass is 197 g/mol. The van der Waals surface area contributed by atoms with Crippen molar-refractivity contribution in [2.45, 2.75) is 58.9 Å². The van der Waals surface area contributed by atoms with E-state index in [9.17, 15) is 4.79 Å². The molecule has 1 heterocycles. The molecule has 0 atom stereocenters. The zero-order chi connectivity index (χ0) is 10.8. The van der Waals surface area contributed by atoms with Crippen LogP contribution in [0.5, 0.6) is 0 Å². The second kappa shape index (κ2) is 4.33.